The van der Waals surface area contributed by atoms with Gasteiger partial charge in [0.25, 0.3) is 0 Å². The molecule has 0 spiro atoms. The minimum atomic E-state index is -1.12. The third kappa shape index (κ3) is 1.93. The highest BCUT2D eigenvalue weighted by Gasteiger charge is 2.31. The fourth-order valence-corrected chi connectivity index (χ4v) is 1.45. The maximum Gasteiger partial charge on any atom is 0.147 e. The molecule has 1 aromatic heterocycles. The number of aromatic nitrogens is 1. The number of hydrogen-bond acceptors (Lipinski definition) is 2. The minimum absolute atomic E-state index is 0.0133. The van der Waals surface area contributed by atoms with Crippen molar-refractivity contribution in [3.05, 3.63) is 29.8 Å². The van der Waals surface area contributed by atoms with Crippen molar-refractivity contribution in [2.45, 2.75) is 32.8 Å². The van der Waals surface area contributed by atoms with E-state index in [0.29, 0.717) is 5.56 Å². The zero-order valence-corrected chi connectivity index (χ0v) is 8.79. The van der Waals surface area contributed by atoms with Gasteiger partial charge in [-0.15, -0.1) is 0 Å². The topological polar surface area (TPSA) is 33.1 Å². The second-order valence-corrected chi connectivity index (χ2v) is 3.81. The molecule has 1 heterocycles. The average Bonchev–Trinajstić information content (AvgIpc) is 2.17. The van der Waals surface area contributed by atoms with Crippen LogP contribution in [0.1, 0.15) is 32.8 Å². The lowest BCUT2D eigenvalue weighted by molar-refractivity contribution is -0.00325. The molecular weight excluding hydrogens is 181 g/mol. The van der Waals surface area contributed by atoms with Gasteiger partial charge in [0.1, 0.15) is 5.82 Å². The summed E-state index contributed by atoms with van der Waals surface area (Å²) in [4.78, 5) is 3.66. The van der Waals surface area contributed by atoms with Gasteiger partial charge in [-0.1, -0.05) is 20.3 Å². The number of pyridine rings is 1. The summed E-state index contributed by atoms with van der Waals surface area (Å²) in [6.45, 7) is 5.51. The molecule has 2 nitrogen and oxygen atoms in total. The van der Waals surface area contributed by atoms with Gasteiger partial charge in [0.05, 0.1) is 11.8 Å². The van der Waals surface area contributed by atoms with E-state index in [1.807, 2.05) is 13.8 Å². The SMILES string of the molecule is CCC(C)C(C)(O)c1ccncc1F. The monoisotopic (exact) mass is 197 g/mol. The Labute approximate surface area is 83.8 Å². The highest BCUT2D eigenvalue weighted by atomic mass is 19.1. The first kappa shape index (κ1) is 11.1. The summed E-state index contributed by atoms with van der Waals surface area (Å²) in [5.74, 6) is -0.433. The lowest BCUT2D eigenvalue weighted by Gasteiger charge is -2.30. The van der Waals surface area contributed by atoms with E-state index in [9.17, 15) is 9.50 Å². The Morgan fingerprint density at radius 2 is 2.29 bits per heavy atom. The Kier molecular flexibility index (Phi) is 3.21. The van der Waals surface area contributed by atoms with Crippen LogP contribution in [0.15, 0.2) is 18.5 Å². The second kappa shape index (κ2) is 4.05. The fraction of sp³-hybridized carbons (Fsp3) is 0.545. The van der Waals surface area contributed by atoms with Gasteiger partial charge in [0.15, 0.2) is 0 Å². The van der Waals surface area contributed by atoms with E-state index < -0.39 is 11.4 Å². The molecule has 2 atom stereocenters. The van der Waals surface area contributed by atoms with Gasteiger partial charge in [-0.05, 0) is 18.9 Å². The summed E-state index contributed by atoms with van der Waals surface area (Å²) in [5, 5.41) is 10.2. The zero-order valence-electron chi connectivity index (χ0n) is 8.79. The summed E-state index contributed by atoms with van der Waals surface area (Å²) in [7, 11) is 0. The molecular formula is C11H16FNO. The Balaban J connectivity index is 3.09. The molecule has 0 bridgehead atoms. The third-order valence-electron chi connectivity index (χ3n) is 2.89. The molecule has 0 aromatic carbocycles. The molecule has 0 saturated carbocycles. The normalized spacial score (nSPS) is 17.5. The van der Waals surface area contributed by atoms with E-state index in [1.165, 1.54) is 12.3 Å². The van der Waals surface area contributed by atoms with Crippen LogP contribution < -0.4 is 0 Å². The summed E-state index contributed by atoms with van der Waals surface area (Å²) in [6.07, 6.45) is 3.43. The van der Waals surface area contributed by atoms with Crippen molar-refractivity contribution in [1.82, 2.24) is 4.98 Å². The first-order valence-corrected chi connectivity index (χ1v) is 4.82. The largest absolute Gasteiger partial charge is 0.385 e. The van der Waals surface area contributed by atoms with E-state index in [4.69, 9.17) is 0 Å². The Bertz CT molecular complexity index is 312. The number of rotatable bonds is 3. The van der Waals surface area contributed by atoms with Crippen LogP contribution in [0.3, 0.4) is 0 Å². The molecule has 2 unspecified atom stereocenters. The standard InChI is InChI=1S/C11H16FNO/c1-4-8(2)11(3,14)9-5-6-13-7-10(9)12/h5-8,14H,4H2,1-3H3. The van der Waals surface area contributed by atoms with E-state index in [0.717, 1.165) is 12.6 Å². The number of hydrogen-bond donors (Lipinski definition) is 1. The number of halogens is 1. The van der Waals surface area contributed by atoms with E-state index in [1.54, 1.807) is 6.92 Å². The van der Waals surface area contributed by atoms with Crippen LogP contribution in [0.4, 0.5) is 4.39 Å². The highest BCUT2D eigenvalue weighted by molar-refractivity contribution is 5.21. The Morgan fingerprint density at radius 3 is 2.79 bits per heavy atom. The molecule has 0 radical (unpaired) electrons. The summed E-state index contributed by atoms with van der Waals surface area (Å²) in [5.41, 5.74) is -0.802. The van der Waals surface area contributed by atoms with Gasteiger partial charge in [-0.2, -0.15) is 0 Å². The molecule has 78 valence electrons. The smallest absolute Gasteiger partial charge is 0.147 e. The second-order valence-electron chi connectivity index (χ2n) is 3.81. The molecule has 1 N–H and O–H groups in total. The molecule has 1 rings (SSSR count). The van der Waals surface area contributed by atoms with Gasteiger partial charge < -0.3 is 5.11 Å². The van der Waals surface area contributed by atoms with Crippen LogP contribution in [-0.2, 0) is 5.60 Å². The molecule has 0 aliphatic heterocycles. The van der Waals surface area contributed by atoms with Crippen molar-refractivity contribution in [3.8, 4) is 0 Å². The highest BCUT2D eigenvalue weighted by Crippen LogP contribution is 2.32. The minimum Gasteiger partial charge on any atom is -0.385 e. The molecule has 3 heteroatoms. The first-order chi connectivity index (χ1) is 6.50. The molecule has 0 amide bonds. The van der Waals surface area contributed by atoms with Crippen LogP contribution in [0.5, 0.6) is 0 Å². The lowest BCUT2D eigenvalue weighted by Crippen LogP contribution is -2.30. The lowest BCUT2D eigenvalue weighted by atomic mass is 9.83. The predicted molar refractivity (Wildman–Crippen MR) is 53.2 cm³/mol. The van der Waals surface area contributed by atoms with Crippen molar-refractivity contribution < 1.29 is 9.50 Å². The fourth-order valence-electron chi connectivity index (χ4n) is 1.45. The predicted octanol–water partition coefficient (Wildman–Crippen LogP) is 2.47. The quantitative estimate of drug-likeness (QED) is 0.807. The molecule has 0 fully saturated rings. The first-order valence-electron chi connectivity index (χ1n) is 4.82. The van der Waals surface area contributed by atoms with Crippen molar-refractivity contribution in [2.24, 2.45) is 5.92 Å². The Morgan fingerprint density at radius 1 is 1.64 bits per heavy atom. The van der Waals surface area contributed by atoms with Gasteiger partial charge in [0.2, 0.25) is 0 Å². The van der Waals surface area contributed by atoms with Crippen molar-refractivity contribution >= 4 is 0 Å². The van der Waals surface area contributed by atoms with E-state index in [2.05, 4.69) is 4.98 Å². The summed E-state index contributed by atoms with van der Waals surface area (Å²) < 4.78 is 13.4. The molecule has 0 aliphatic carbocycles. The maximum atomic E-state index is 13.4. The van der Waals surface area contributed by atoms with Gasteiger partial charge in [-0.25, -0.2) is 4.39 Å². The third-order valence-corrected chi connectivity index (χ3v) is 2.89. The van der Waals surface area contributed by atoms with Gasteiger partial charge >= 0.3 is 0 Å². The van der Waals surface area contributed by atoms with Gasteiger partial charge in [0, 0.05) is 11.8 Å². The van der Waals surface area contributed by atoms with Crippen LogP contribution in [0.2, 0.25) is 0 Å². The van der Waals surface area contributed by atoms with Crippen molar-refractivity contribution in [3.63, 3.8) is 0 Å². The molecule has 0 aliphatic rings. The van der Waals surface area contributed by atoms with E-state index in [-0.39, 0.29) is 5.92 Å². The number of aliphatic hydroxyl groups is 1. The molecule has 14 heavy (non-hydrogen) atoms. The number of nitrogens with zero attached hydrogens (tertiary/aromatic N) is 1. The summed E-state index contributed by atoms with van der Waals surface area (Å²) >= 11 is 0. The van der Waals surface area contributed by atoms with E-state index >= 15 is 0 Å². The van der Waals surface area contributed by atoms with Crippen LogP contribution in [0.25, 0.3) is 0 Å². The average molecular weight is 197 g/mol. The summed E-state index contributed by atoms with van der Waals surface area (Å²) in [6, 6.07) is 1.53. The zero-order chi connectivity index (χ0) is 10.8. The van der Waals surface area contributed by atoms with Crippen molar-refractivity contribution in [1.29, 1.82) is 0 Å². The molecule has 0 saturated heterocycles. The van der Waals surface area contributed by atoms with Crippen molar-refractivity contribution in [2.75, 3.05) is 0 Å². The maximum absolute atomic E-state index is 13.4. The van der Waals surface area contributed by atoms with Crippen LogP contribution in [0, 0.1) is 11.7 Å². The van der Waals surface area contributed by atoms with Gasteiger partial charge in [-0.3, -0.25) is 4.98 Å². The molecule has 1 aromatic rings. The Hall–Kier alpha value is -0.960. The van der Waals surface area contributed by atoms with Crippen LogP contribution in [-0.4, -0.2) is 10.1 Å². The van der Waals surface area contributed by atoms with Crippen LogP contribution >= 0.6 is 0 Å².